The Morgan fingerprint density at radius 3 is 2.68 bits per heavy atom. The van der Waals surface area contributed by atoms with Crippen LogP contribution in [-0.4, -0.2) is 28.9 Å². The minimum Gasteiger partial charge on any atom is -0.497 e. The molecule has 0 saturated carbocycles. The van der Waals surface area contributed by atoms with Crippen LogP contribution >= 0.6 is 15.9 Å². The first-order valence-corrected chi connectivity index (χ1v) is 12.3. The fraction of sp³-hybridized carbons (Fsp3) is 0.107. The van der Waals surface area contributed by atoms with Crippen LogP contribution in [0.3, 0.4) is 0 Å². The van der Waals surface area contributed by atoms with E-state index in [-0.39, 0.29) is 5.91 Å². The van der Waals surface area contributed by atoms with Gasteiger partial charge < -0.3 is 14.8 Å². The number of nitrogens with one attached hydrogen (secondary N) is 2. The van der Waals surface area contributed by atoms with E-state index in [0.29, 0.717) is 34.7 Å². The maximum atomic E-state index is 13.7. The van der Waals surface area contributed by atoms with E-state index in [4.69, 9.17) is 9.47 Å². The van der Waals surface area contributed by atoms with E-state index in [1.54, 1.807) is 25.3 Å². The van der Waals surface area contributed by atoms with E-state index >= 15 is 0 Å². The SMILES string of the molecule is COc1cccc(COc2ccccc2[C@@H]2Nc3ccc(Br)cc3C(=O)N2NC(=O)c2ccncc2)c1. The number of fused-ring (bicyclic) bond motifs is 1. The van der Waals surface area contributed by atoms with Crippen molar-refractivity contribution in [1.82, 2.24) is 15.4 Å². The van der Waals surface area contributed by atoms with Gasteiger partial charge in [-0.3, -0.25) is 20.0 Å². The number of aromatic nitrogens is 1. The highest BCUT2D eigenvalue weighted by molar-refractivity contribution is 9.10. The minimum absolute atomic E-state index is 0.293. The zero-order valence-corrected chi connectivity index (χ0v) is 21.4. The molecule has 0 spiro atoms. The van der Waals surface area contributed by atoms with Crippen LogP contribution in [0.15, 0.2) is 95.7 Å². The van der Waals surface area contributed by atoms with Crippen molar-refractivity contribution in [3.63, 3.8) is 0 Å². The molecule has 2 heterocycles. The van der Waals surface area contributed by atoms with Crippen molar-refractivity contribution in [1.29, 1.82) is 0 Å². The second-order valence-electron chi connectivity index (χ2n) is 8.27. The molecule has 5 rings (SSSR count). The van der Waals surface area contributed by atoms with Crippen molar-refractivity contribution in [2.24, 2.45) is 0 Å². The molecule has 0 radical (unpaired) electrons. The molecule has 9 heteroatoms. The number of anilines is 1. The fourth-order valence-electron chi connectivity index (χ4n) is 4.05. The molecule has 37 heavy (non-hydrogen) atoms. The lowest BCUT2D eigenvalue weighted by atomic mass is 10.0. The highest BCUT2D eigenvalue weighted by Gasteiger charge is 2.36. The predicted octanol–water partition coefficient (Wildman–Crippen LogP) is 5.34. The van der Waals surface area contributed by atoms with Gasteiger partial charge in [-0.2, -0.15) is 0 Å². The van der Waals surface area contributed by atoms with E-state index in [9.17, 15) is 9.59 Å². The summed E-state index contributed by atoms with van der Waals surface area (Å²) in [5.74, 6) is 0.516. The molecule has 8 nitrogen and oxygen atoms in total. The zero-order chi connectivity index (χ0) is 25.8. The number of amides is 2. The maximum Gasteiger partial charge on any atom is 0.276 e. The number of nitrogens with zero attached hydrogens (tertiary/aromatic N) is 2. The molecule has 4 aromatic rings. The Morgan fingerprint density at radius 2 is 1.86 bits per heavy atom. The smallest absolute Gasteiger partial charge is 0.276 e. The Balaban J connectivity index is 1.49. The number of para-hydroxylation sites is 1. The highest BCUT2D eigenvalue weighted by Crippen LogP contribution is 2.37. The van der Waals surface area contributed by atoms with Crippen LogP contribution in [-0.2, 0) is 6.61 Å². The summed E-state index contributed by atoms with van der Waals surface area (Å²) in [7, 11) is 1.62. The minimum atomic E-state index is -0.728. The second kappa shape index (κ2) is 10.7. The van der Waals surface area contributed by atoms with Crippen molar-refractivity contribution in [2.75, 3.05) is 12.4 Å². The van der Waals surface area contributed by atoms with Crippen LogP contribution in [0.25, 0.3) is 0 Å². The first-order chi connectivity index (χ1) is 18.0. The van der Waals surface area contributed by atoms with Gasteiger partial charge in [0.1, 0.15) is 18.1 Å². The number of hydrazine groups is 1. The Kier molecular flexibility index (Phi) is 7.04. The highest BCUT2D eigenvalue weighted by atomic mass is 79.9. The molecule has 1 atom stereocenters. The summed E-state index contributed by atoms with van der Waals surface area (Å²) in [6.07, 6.45) is 2.32. The van der Waals surface area contributed by atoms with Crippen molar-refractivity contribution in [3.8, 4) is 11.5 Å². The Labute approximate surface area is 222 Å². The van der Waals surface area contributed by atoms with Crippen LogP contribution in [0.5, 0.6) is 11.5 Å². The van der Waals surface area contributed by atoms with Crippen molar-refractivity contribution in [2.45, 2.75) is 12.8 Å². The lowest BCUT2D eigenvalue weighted by Gasteiger charge is -2.38. The third-order valence-corrected chi connectivity index (χ3v) is 6.38. The summed E-state index contributed by atoms with van der Waals surface area (Å²) in [5.41, 5.74) is 5.84. The number of halogens is 1. The third-order valence-electron chi connectivity index (χ3n) is 5.89. The largest absolute Gasteiger partial charge is 0.497 e. The number of hydrogen-bond acceptors (Lipinski definition) is 6. The topological polar surface area (TPSA) is 92.8 Å². The summed E-state index contributed by atoms with van der Waals surface area (Å²) in [6, 6.07) is 23.6. The summed E-state index contributed by atoms with van der Waals surface area (Å²) in [4.78, 5) is 30.7. The van der Waals surface area contributed by atoms with Crippen LogP contribution in [0, 0.1) is 0 Å². The molecule has 2 amide bonds. The first kappa shape index (κ1) is 24.3. The first-order valence-electron chi connectivity index (χ1n) is 11.5. The molecule has 0 bridgehead atoms. The van der Waals surface area contributed by atoms with Gasteiger partial charge in [-0.25, -0.2) is 5.01 Å². The molecule has 0 fully saturated rings. The fourth-order valence-corrected chi connectivity index (χ4v) is 4.41. The predicted molar refractivity (Wildman–Crippen MR) is 142 cm³/mol. The molecule has 1 aliphatic rings. The quantitative estimate of drug-likeness (QED) is 0.318. The van der Waals surface area contributed by atoms with Gasteiger partial charge in [0, 0.05) is 33.7 Å². The Bertz CT molecular complexity index is 1450. The van der Waals surface area contributed by atoms with Gasteiger partial charge in [-0.1, -0.05) is 46.3 Å². The molecule has 3 aromatic carbocycles. The van der Waals surface area contributed by atoms with Crippen LogP contribution in [0.4, 0.5) is 5.69 Å². The molecular formula is C28H23BrN4O4. The van der Waals surface area contributed by atoms with Crippen molar-refractivity contribution < 1.29 is 19.1 Å². The molecular weight excluding hydrogens is 536 g/mol. The van der Waals surface area contributed by atoms with Crippen LogP contribution in [0.1, 0.15) is 38.0 Å². The molecule has 2 N–H and O–H groups in total. The standard InChI is InChI=1S/C28H23BrN4O4/c1-36-21-6-4-5-18(15-21)17-37-25-8-3-2-7-22(25)26-31-24-10-9-20(29)16-23(24)28(35)33(26)32-27(34)19-11-13-30-14-12-19/h2-16,26,31H,17H2,1H3,(H,32,34)/t26-/m1/s1. The average Bonchev–Trinajstić information content (AvgIpc) is 2.94. The third kappa shape index (κ3) is 5.26. The number of pyridine rings is 1. The monoisotopic (exact) mass is 558 g/mol. The number of methoxy groups -OCH3 is 1. The number of rotatable bonds is 7. The van der Waals surface area contributed by atoms with Crippen molar-refractivity contribution >= 4 is 33.4 Å². The van der Waals surface area contributed by atoms with Gasteiger partial charge in [0.25, 0.3) is 11.8 Å². The maximum absolute atomic E-state index is 13.7. The average molecular weight is 559 g/mol. The summed E-state index contributed by atoms with van der Waals surface area (Å²) in [6.45, 7) is 0.293. The zero-order valence-electron chi connectivity index (χ0n) is 19.9. The van der Waals surface area contributed by atoms with E-state index in [1.807, 2.05) is 60.7 Å². The van der Waals surface area contributed by atoms with Crippen molar-refractivity contribution in [3.05, 3.63) is 118 Å². The number of carbonyl (C=O) groups is 2. The lowest BCUT2D eigenvalue weighted by molar-refractivity contribution is 0.0487. The lowest BCUT2D eigenvalue weighted by Crippen LogP contribution is -2.53. The number of carbonyl (C=O) groups excluding carboxylic acids is 2. The van der Waals surface area contributed by atoms with Gasteiger partial charge in [-0.15, -0.1) is 0 Å². The molecule has 186 valence electrons. The summed E-state index contributed by atoms with van der Waals surface area (Å²) in [5, 5.41) is 4.69. The molecule has 1 aromatic heterocycles. The molecule has 0 unspecified atom stereocenters. The molecule has 0 saturated heterocycles. The van der Waals surface area contributed by atoms with Gasteiger partial charge in [-0.05, 0) is 54.1 Å². The second-order valence-corrected chi connectivity index (χ2v) is 9.18. The van der Waals surface area contributed by atoms with E-state index in [2.05, 4.69) is 31.7 Å². The van der Waals surface area contributed by atoms with E-state index in [1.165, 1.54) is 17.4 Å². The number of benzene rings is 3. The number of ether oxygens (including phenoxy) is 2. The van der Waals surface area contributed by atoms with Crippen LogP contribution < -0.4 is 20.2 Å². The van der Waals surface area contributed by atoms with Gasteiger partial charge in [0.15, 0.2) is 6.17 Å². The van der Waals surface area contributed by atoms with Crippen LogP contribution in [0.2, 0.25) is 0 Å². The van der Waals surface area contributed by atoms with E-state index < -0.39 is 12.1 Å². The van der Waals surface area contributed by atoms with Gasteiger partial charge >= 0.3 is 0 Å². The Morgan fingerprint density at radius 1 is 1.05 bits per heavy atom. The molecule has 1 aliphatic heterocycles. The Hall–Kier alpha value is -4.37. The number of hydrogen-bond donors (Lipinski definition) is 2. The van der Waals surface area contributed by atoms with Gasteiger partial charge in [0.05, 0.1) is 12.7 Å². The summed E-state index contributed by atoms with van der Waals surface area (Å²) < 4.78 is 12.3. The summed E-state index contributed by atoms with van der Waals surface area (Å²) >= 11 is 3.43. The van der Waals surface area contributed by atoms with Gasteiger partial charge in [0.2, 0.25) is 0 Å². The molecule has 0 aliphatic carbocycles. The van der Waals surface area contributed by atoms with E-state index in [0.717, 1.165) is 15.8 Å². The normalized spacial score (nSPS) is 14.4.